The minimum atomic E-state index is 0.966. The Bertz CT molecular complexity index is 123. The van der Waals surface area contributed by atoms with Gasteiger partial charge in [0.1, 0.15) is 0 Å². The number of hydrogen-bond acceptors (Lipinski definition) is 1. The molecule has 0 bridgehead atoms. The predicted octanol–water partition coefficient (Wildman–Crippen LogP) is 2.82. The van der Waals surface area contributed by atoms with E-state index in [2.05, 4.69) is 24.9 Å². The van der Waals surface area contributed by atoms with Crippen molar-refractivity contribution in [2.24, 2.45) is 4.99 Å². The molecule has 0 unspecified atom stereocenters. The van der Waals surface area contributed by atoms with Gasteiger partial charge in [0.2, 0.25) is 0 Å². The SMILES string of the molecule is C/C=C\C(CC)=NCCC. The molecule has 0 aliphatic heterocycles. The molecule has 0 rings (SSSR count). The van der Waals surface area contributed by atoms with E-state index >= 15 is 0 Å². The van der Waals surface area contributed by atoms with Crippen molar-refractivity contribution < 1.29 is 0 Å². The van der Waals surface area contributed by atoms with Crippen molar-refractivity contribution in [2.75, 3.05) is 6.54 Å². The monoisotopic (exact) mass is 139 g/mol. The maximum atomic E-state index is 4.38. The van der Waals surface area contributed by atoms with Gasteiger partial charge in [-0.1, -0.05) is 19.9 Å². The quantitative estimate of drug-likeness (QED) is 0.531. The summed E-state index contributed by atoms with van der Waals surface area (Å²) in [5.74, 6) is 0. The Morgan fingerprint density at radius 3 is 2.50 bits per heavy atom. The molecule has 0 saturated carbocycles. The number of allylic oxidation sites excluding steroid dienone is 2. The van der Waals surface area contributed by atoms with Gasteiger partial charge < -0.3 is 0 Å². The molecule has 0 aliphatic rings. The van der Waals surface area contributed by atoms with Crippen LogP contribution >= 0.6 is 0 Å². The van der Waals surface area contributed by atoms with Crippen molar-refractivity contribution in [1.29, 1.82) is 0 Å². The molecule has 0 aliphatic carbocycles. The van der Waals surface area contributed by atoms with Gasteiger partial charge in [-0.15, -0.1) is 0 Å². The first-order valence-electron chi connectivity index (χ1n) is 4.01. The van der Waals surface area contributed by atoms with E-state index < -0.39 is 0 Å². The van der Waals surface area contributed by atoms with E-state index in [1.807, 2.05) is 13.0 Å². The smallest absolute Gasteiger partial charge is 0.0389 e. The van der Waals surface area contributed by atoms with Gasteiger partial charge in [-0.25, -0.2) is 0 Å². The fourth-order valence-electron chi connectivity index (χ4n) is 0.730. The third kappa shape index (κ3) is 4.30. The molecule has 0 fully saturated rings. The summed E-state index contributed by atoms with van der Waals surface area (Å²) in [5, 5.41) is 0. The van der Waals surface area contributed by atoms with Gasteiger partial charge in [-0.05, 0) is 25.8 Å². The Labute approximate surface area is 63.9 Å². The molecule has 58 valence electrons. The van der Waals surface area contributed by atoms with Gasteiger partial charge >= 0.3 is 0 Å². The highest BCUT2D eigenvalue weighted by atomic mass is 14.7. The van der Waals surface area contributed by atoms with Crippen LogP contribution in [0.1, 0.15) is 33.6 Å². The van der Waals surface area contributed by atoms with Crippen molar-refractivity contribution in [3.63, 3.8) is 0 Å². The first-order valence-corrected chi connectivity index (χ1v) is 4.01. The second-order valence-electron chi connectivity index (χ2n) is 2.23. The van der Waals surface area contributed by atoms with E-state index in [0.29, 0.717) is 0 Å². The lowest BCUT2D eigenvalue weighted by atomic mass is 10.2. The Morgan fingerprint density at radius 1 is 1.40 bits per heavy atom. The molecule has 0 amide bonds. The largest absolute Gasteiger partial charge is 0.290 e. The molecule has 0 radical (unpaired) electrons. The van der Waals surface area contributed by atoms with Gasteiger partial charge in [-0.3, -0.25) is 4.99 Å². The van der Waals surface area contributed by atoms with Gasteiger partial charge in [0.05, 0.1) is 0 Å². The standard InChI is InChI=1S/C9H17N/c1-4-7-9(6-3)10-8-5-2/h4,7H,5-6,8H2,1-3H3/b7-4-,10-9?. The average Bonchev–Trinajstić information content (AvgIpc) is 1.98. The molecule has 10 heavy (non-hydrogen) atoms. The molecule has 0 aromatic rings. The Hall–Kier alpha value is -0.590. The lowest BCUT2D eigenvalue weighted by Gasteiger charge is -1.94. The van der Waals surface area contributed by atoms with Crippen LogP contribution in [0.25, 0.3) is 0 Å². The minimum Gasteiger partial charge on any atom is -0.290 e. The van der Waals surface area contributed by atoms with E-state index in [0.717, 1.165) is 19.4 Å². The van der Waals surface area contributed by atoms with Crippen molar-refractivity contribution in [3.8, 4) is 0 Å². The number of aliphatic imine (C=N–C) groups is 1. The van der Waals surface area contributed by atoms with Crippen LogP contribution in [0.3, 0.4) is 0 Å². The maximum Gasteiger partial charge on any atom is 0.0389 e. The van der Waals surface area contributed by atoms with Gasteiger partial charge in [0.25, 0.3) is 0 Å². The summed E-state index contributed by atoms with van der Waals surface area (Å²) < 4.78 is 0. The summed E-state index contributed by atoms with van der Waals surface area (Å²) in [6.07, 6.45) is 6.30. The van der Waals surface area contributed by atoms with E-state index in [-0.39, 0.29) is 0 Å². The topological polar surface area (TPSA) is 12.4 Å². The third-order valence-corrected chi connectivity index (χ3v) is 1.26. The van der Waals surface area contributed by atoms with Crippen LogP contribution in [-0.2, 0) is 0 Å². The van der Waals surface area contributed by atoms with Gasteiger partial charge in [0, 0.05) is 12.3 Å². The van der Waals surface area contributed by atoms with Crippen LogP contribution in [0.5, 0.6) is 0 Å². The summed E-state index contributed by atoms with van der Waals surface area (Å²) in [7, 11) is 0. The predicted molar refractivity (Wildman–Crippen MR) is 47.7 cm³/mol. The van der Waals surface area contributed by atoms with Crippen molar-refractivity contribution in [3.05, 3.63) is 12.2 Å². The molecular formula is C9H17N. The zero-order chi connectivity index (χ0) is 7.82. The van der Waals surface area contributed by atoms with Crippen molar-refractivity contribution in [1.82, 2.24) is 0 Å². The van der Waals surface area contributed by atoms with Crippen LogP contribution in [0.15, 0.2) is 17.1 Å². The molecule has 0 saturated heterocycles. The summed E-state index contributed by atoms with van der Waals surface area (Å²) in [6.45, 7) is 7.27. The Balaban J connectivity index is 3.78. The summed E-state index contributed by atoms with van der Waals surface area (Å²) in [4.78, 5) is 4.38. The molecule has 0 spiro atoms. The number of rotatable bonds is 4. The zero-order valence-electron chi connectivity index (χ0n) is 7.22. The zero-order valence-corrected chi connectivity index (χ0v) is 7.22. The van der Waals surface area contributed by atoms with Crippen LogP contribution < -0.4 is 0 Å². The second kappa shape index (κ2) is 6.53. The highest BCUT2D eigenvalue weighted by Gasteiger charge is 1.85. The molecule has 0 N–H and O–H groups in total. The molecule has 1 heteroatoms. The van der Waals surface area contributed by atoms with E-state index in [4.69, 9.17) is 0 Å². The van der Waals surface area contributed by atoms with E-state index in [1.54, 1.807) is 0 Å². The first-order chi connectivity index (χ1) is 4.85. The normalized spacial score (nSPS) is 12.9. The molecule has 0 aromatic heterocycles. The van der Waals surface area contributed by atoms with E-state index in [1.165, 1.54) is 5.71 Å². The molecular weight excluding hydrogens is 122 g/mol. The third-order valence-electron chi connectivity index (χ3n) is 1.26. The minimum absolute atomic E-state index is 0.966. The number of nitrogens with zero attached hydrogens (tertiary/aromatic N) is 1. The van der Waals surface area contributed by atoms with Crippen LogP contribution in [-0.4, -0.2) is 12.3 Å². The lowest BCUT2D eigenvalue weighted by Crippen LogP contribution is -1.91. The molecule has 0 atom stereocenters. The molecule has 1 nitrogen and oxygen atoms in total. The van der Waals surface area contributed by atoms with Gasteiger partial charge in [-0.2, -0.15) is 0 Å². The maximum absolute atomic E-state index is 4.38. The molecule has 0 aromatic carbocycles. The second-order valence-corrected chi connectivity index (χ2v) is 2.23. The highest BCUT2D eigenvalue weighted by molar-refractivity contribution is 5.94. The van der Waals surface area contributed by atoms with Crippen LogP contribution in [0.2, 0.25) is 0 Å². The fraction of sp³-hybridized carbons (Fsp3) is 0.667. The first kappa shape index (κ1) is 9.41. The number of hydrogen-bond donors (Lipinski definition) is 0. The Morgan fingerprint density at radius 2 is 2.10 bits per heavy atom. The van der Waals surface area contributed by atoms with Crippen molar-refractivity contribution >= 4 is 5.71 Å². The van der Waals surface area contributed by atoms with Crippen LogP contribution in [0, 0.1) is 0 Å². The lowest BCUT2D eigenvalue weighted by molar-refractivity contribution is 0.927. The fourth-order valence-corrected chi connectivity index (χ4v) is 0.730. The Kier molecular flexibility index (Phi) is 6.14. The average molecular weight is 139 g/mol. The van der Waals surface area contributed by atoms with Gasteiger partial charge in [0.15, 0.2) is 0 Å². The summed E-state index contributed by atoms with van der Waals surface area (Å²) >= 11 is 0. The summed E-state index contributed by atoms with van der Waals surface area (Å²) in [6, 6.07) is 0. The molecule has 0 heterocycles. The van der Waals surface area contributed by atoms with E-state index in [9.17, 15) is 0 Å². The van der Waals surface area contributed by atoms with Crippen LogP contribution in [0.4, 0.5) is 0 Å². The highest BCUT2D eigenvalue weighted by Crippen LogP contribution is 1.90. The summed E-state index contributed by atoms with van der Waals surface area (Å²) in [5.41, 5.74) is 1.21. The van der Waals surface area contributed by atoms with Crippen molar-refractivity contribution in [2.45, 2.75) is 33.6 Å².